The number of nitrogens with one attached hydrogen (secondary N) is 1. The number of phenolic OH excluding ortho intramolecular Hbond substituents is 1. The number of nitrogens with zero attached hydrogens (tertiary/aromatic N) is 2. The highest BCUT2D eigenvalue weighted by Gasteiger charge is 2.32. The number of carbonyl (C=O) groups excluding carboxylic acids is 1. The largest absolute Gasteiger partial charge is 0.507 e. The van der Waals surface area contributed by atoms with Crippen LogP contribution in [-0.4, -0.2) is 61.0 Å². The molecule has 1 aromatic carbocycles. The molecule has 0 spiro atoms. The van der Waals surface area contributed by atoms with Crippen molar-refractivity contribution in [1.82, 2.24) is 14.5 Å². The monoisotopic (exact) mass is 381 g/mol. The molecule has 1 aliphatic carbocycles. The lowest BCUT2D eigenvalue weighted by molar-refractivity contribution is 0.166. The summed E-state index contributed by atoms with van der Waals surface area (Å²) in [7, 11) is -3.77. The predicted octanol–water partition coefficient (Wildman–Crippen LogP) is 2.05. The lowest BCUT2D eigenvalue weighted by Crippen LogP contribution is -2.54. The Morgan fingerprint density at radius 2 is 1.77 bits per heavy atom. The summed E-state index contributed by atoms with van der Waals surface area (Å²) in [4.78, 5) is 14.0. The molecule has 8 heteroatoms. The van der Waals surface area contributed by atoms with Crippen molar-refractivity contribution in [2.45, 2.75) is 50.0 Å². The van der Waals surface area contributed by atoms with Crippen LogP contribution in [0.5, 0.6) is 5.75 Å². The summed E-state index contributed by atoms with van der Waals surface area (Å²) in [5.74, 6) is -0.243. The molecule has 1 aromatic rings. The van der Waals surface area contributed by atoms with E-state index >= 15 is 0 Å². The van der Waals surface area contributed by atoms with E-state index in [0.29, 0.717) is 13.1 Å². The first kappa shape index (κ1) is 19.0. The van der Waals surface area contributed by atoms with Crippen molar-refractivity contribution in [2.75, 3.05) is 26.2 Å². The van der Waals surface area contributed by atoms with Crippen LogP contribution in [0.25, 0.3) is 0 Å². The highest BCUT2D eigenvalue weighted by Crippen LogP contribution is 2.27. The number of amides is 2. The Kier molecular flexibility index (Phi) is 5.72. The number of hydrogen-bond acceptors (Lipinski definition) is 4. The maximum absolute atomic E-state index is 12.8. The molecule has 1 saturated carbocycles. The fourth-order valence-electron chi connectivity index (χ4n) is 3.61. The third-order valence-corrected chi connectivity index (χ3v) is 7.12. The normalized spacial score (nSPS) is 20.1. The van der Waals surface area contributed by atoms with Gasteiger partial charge in [0.05, 0.1) is 0 Å². The van der Waals surface area contributed by atoms with Crippen LogP contribution < -0.4 is 5.32 Å². The van der Waals surface area contributed by atoms with Gasteiger partial charge < -0.3 is 15.3 Å². The molecule has 0 radical (unpaired) electrons. The minimum atomic E-state index is -3.77. The first-order chi connectivity index (χ1) is 12.4. The number of hydrogen-bond donors (Lipinski definition) is 2. The molecular formula is C18H27N3O4S. The van der Waals surface area contributed by atoms with Gasteiger partial charge in [-0.3, -0.25) is 0 Å². The third kappa shape index (κ3) is 4.12. The molecule has 2 aliphatic rings. The van der Waals surface area contributed by atoms with E-state index in [2.05, 4.69) is 5.32 Å². The number of piperazine rings is 1. The molecule has 2 amide bonds. The van der Waals surface area contributed by atoms with Gasteiger partial charge in [0, 0.05) is 32.2 Å². The molecular weight excluding hydrogens is 354 g/mol. The van der Waals surface area contributed by atoms with Crippen molar-refractivity contribution < 1.29 is 18.3 Å². The zero-order valence-corrected chi connectivity index (χ0v) is 16.0. The summed E-state index contributed by atoms with van der Waals surface area (Å²) in [5.41, 5.74) is 0.770. The van der Waals surface area contributed by atoms with E-state index in [-0.39, 0.29) is 35.8 Å². The topological polar surface area (TPSA) is 90.0 Å². The van der Waals surface area contributed by atoms with Gasteiger partial charge in [-0.15, -0.1) is 0 Å². The van der Waals surface area contributed by atoms with Crippen molar-refractivity contribution >= 4 is 16.1 Å². The Labute approximate surface area is 155 Å². The first-order valence-electron chi connectivity index (χ1n) is 9.23. The Hall–Kier alpha value is -1.80. The fourth-order valence-corrected chi connectivity index (χ4v) is 5.20. The number of aryl methyl sites for hydroxylation is 1. The lowest BCUT2D eigenvalue weighted by Gasteiger charge is -2.35. The average molecular weight is 381 g/mol. The Morgan fingerprint density at radius 3 is 2.42 bits per heavy atom. The zero-order chi connectivity index (χ0) is 18.7. The Balaban J connectivity index is 1.60. The number of phenols is 1. The smallest absolute Gasteiger partial charge is 0.317 e. The van der Waals surface area contributed by atoms with Crippen molar-refractivity contribution in [2.24, 2.45) is 0 Å². The number of aromatic hydroxyl groups is 1. The summed E-state index contributed by atoms with van der Waals surface area (Å²) in [6.07, 6.45) is 5.57. The molecule has 0 aromatic heterocycles. The van der Waals surface area contributed by atoms with Crippen LogP contribution in [0.2, 0.25) is 0 Å². The Morgan fingerprint density at radius 1 is 1.12 bits per heavy atom. The van der Waals surface area contributed by atoms with Gasteiger partial charge in [-0.1, -0.05) is 25.3 Å². The van der Waals surface area contributed by atoms with E-state index in [1.54, 1.807) is 17.9 Å². The van der Waals surface area contributed by atoms with Crippen molar-refractivity contribution in [1.29, 1.82) is 0 Å². The van der Waals surface area contributed by atoms with E-state index in [4.69, 9.17) is 0 Å². The first-order valence-corrected chi connectivity index (χ1v) is 10.7. The van der Waals surface area contributed by atoms with Gasteiger partial charge in [0.2, 0.25) is 10.0 Å². The molecule has 0 unspecified atom stereocenters. The van der Waals surface area contributed by atoms with Gasteiger partial charge in [-0.25, -0.2) is 13.2 Å². The summed E-state index contributed by atoms with van der Waals surface area (Å²) in [6.45, 7) is 2.95. The second-order valence-corrected chi connectivity index (χ2v) is 9.05. The summed E-state index contributed by atoms with van der Waals surface area (Å²) in [5, 5.41) is 13.0. The zero-order valence-electron chi connectivity index (χ0n) is 15.1. The molecule has 2 fully saturated rings. The molecule has 0 atom stereocenters. The van der Waals surface area contributed by atoms with Gasteiger partial charge >= 0.3 is 6.03 Å². The molecule has 2 N–H and O–H groups in total. The van der Waals surface area contributed by atoms with Crippen molar-refractivity contribution in [3.05, 3.63) is 23.8 Å². The molecule has 0 bridgehead atoms. The number of carbonyl (C=O) groups is 1. The van der Waals surface area contributed by atoms with Crippen molar-refractivity contribution in [3.8, 4) is 5.75 Å². The van der Waals surface area contributed by atoms with Gasteiger partial charge in [-0.05, 0) is 37.5 Å². The van der Waals surface area contributed by atoms with Crippen LogP contribution >= 0.6 is 0 Å². The Bertz CT molecular complexity index is 752. The second kappa shape index (κ2) is 7.84. The molecule has 26 heavy (non-hydrogen) atoms. The van der Waals surface area contributed by atoms with E-state index in [9.17, 15) is 18.3 Å². The van der Waals surface area contributed by atoms with Gasteiger partial charge in [0.15, 0.2) is 0 Å². The predicted molar refractivity (Wildman–Crippen MR) is 98.6 cm³/mol. The highest BCUT2D eigenvalue weighted by atomic mass is 32.2. The van der Waals surface area contributed by atoms with Gasteiger partial charge in [-0.2, -0.15) is 4.31 Å². The summed E-state index contributed by atoms with van der Waals surface area (Å²) in [6, 6.07) is 4.68. The van der Waals surface area contributed by atoms with Crippen LogP contribution in [0.1, 0.15) is 37.7 Å². The average Bonchev–Trinajstić information content (AvgIpc) is 2.64. The van der Waals surface area contributed by atoms with Crippen molar-refractivity contribution in [3.63, 3.8) is 0 Å². The minimum Gasteiger partial charge on any atom is -0.507 e. The quantitative estimate of drug-likeness (QED) is 0.838. The SMILES string of the molecule is Cc1ccc(O)c(S(=O)(=O)N2CCN(C(=O)NC3CCCCC3)CC2)c1. The molecule has 7 nitrogen and oxygen atoms in total. The minimum absolute atomic E-state index is 0.0717. The summed E-state index contributed by atoms with van der Waals surface area (Å²) >= 11 is 0. The van der Waals surface area contributed by atoms with Crippen LogP contribution in [0, 0.1) is 6.92 Å². The van der Waals surface area contributed by atoms with E-state index in [0.717, 1.165) is 31.2 Å². The molecule has 1 aliphatic heterocycles. The standard InChI is InChI=1S/C18H27N3O4S/c1-14-7-8-16(22)17(13-14)26(24,25)21-11-9-20(10-12-21)18(23)19-15-5-3-2-4-6-15/h7-8,13,15,22H,2-6,9-12H2,1H3,(H,19,23). The van der Waals surface area contributed by atoms with E-state index in [1.807, 2.05) is 0 Å². The molecule has 1 heterocycles. The van der Waals surface area contributed by atoms with Gasteiger partial charge in [0.25, 0.3) is 0 Å². The van der Waals surface area contributed by atoms with Crippen LogP contribution in [0.3, 0.4) is 0 Å². The number of urea groups is 1. The third-order valence-electron chi connectivity index (χ3n) is 5.19. The number of sulfonamides is 1. The van der Waals surface area contributed by atoms with E-state index in [1.165, 1.54) is 22.9 Å². The lowest BCUT2D eigenvalue weighted by atomic mass is 9.96. The summed E-state index contributed by atoms with van der Waals surface area (Å²) < 4.78 is 26.9. The number of benzene rings is 1. The van der Waals surface area contributed by atoms with Crippen LogP contribution in [0.15, 0.2) is 23.1 Å². The fraction of sp³-hybridized carbons (Fsp3) is 0.611. The maximum atomic E-state index is 12.8. The molecule has 1 saturated heterocycles. The maximum Gasteiger partial charge on any atom is 0.317 e. The van der Waals surface area contributed by atoms with Crippen LogP contribution in [0.4, 0.5) is 4.79 Å². The molecule has 144 valence electrons. The second-order valence-electron chi connectivity index (χ2n) is 7.15. The highest BCUT2D eigenvalue weighted by molar-refractivity contribution is 7.89. The van der Waals surface area contributed by atoms with Gasteiger partial charge in [0.1, 0.15) is 10.6 Å². The number of rotatable bonds is 3. The van der Waals surface area contributed by atoms with E-state index < -0.39 is 10.0 Å². The molecule has 3 rings (SSSR count). The van der Waals surface area contributed by atoms with Crippen LogP contribution in [-0.2, 0) is 10.0 Å².